The van der Waals surface area contributed by atoms with Gasteiger partial charge in [0.25, 0.3) is 0 Å². The van der Waals surface area contributed by atoms with Gasteiger partial charge in [0, 0.05) is 30.8 Å². The molecule has 7 unspecified atom stereocenters. The van der Waals surface area contributed by atoms with E-state index < -0.39 is 101 Å². The number of hydrogen-bond donors (Lipinski definition) is 12. The second-order valence-corrected chi connectivity index (χ2v) is 15.0. The van der Waals surface area contributed by atoms with E-state index in [9.17, 15) is 48.3 Å². The number of thiol groups is 2. The van der Waals surface area contributed by atoms with Crippen LogP contribution < -0.4 is 49.1 Å². The first-order valence-corrected chi connectivity index (χ1v) is 20.6. The van der Waals surface area contributed by atoms with E-state index in [0.29, 0.717) is 11.3 Å². The van der Waals surface area contributed by atoms with Crippen LogP contribution in [0.1, 0.15) is 51.5 Å². The number of amides is 8. The van der Waals surface area contributed by atoms with E-state index in [-0.39, 0.29) is 50.0 Å². The van der Waals surface area contributed by atoms with E-state index in [1.165, 1.54) is 11.8 Å². The number of nitrogens with one attached hydrogen (secondary N) is 6. The highest BCUT2D eigenvalue weighted by Crippen LogP contribution is 2.10. The van der Waals surface area contributed by atoms with Gasteiger partial charge in [0.2, 0.25) is 47.3 Å². The summed E-state index contributed by atoms with van der Waals surface area (Å²) in [5, 5.41) is 24.6. The molecule has 0 aliphatic rings. The molecule has 8 amide bonds. The zero-order valence-corrected chi connectivity index (χ0v) is 34.6. The SMILES string of the molecule is CSCCC(NC(=O)C(NC(=O)C(CS)NC(=O)C(N)CCC(N)=O)C(C)C)C(=O)NC(Cc1ccccc1)C(=O)NC(CS)C(=O)NC(CCC(N)=O)C(=O)O. The minimum absolute atomic E-state index is 0.0490. The molecule has 0 fully saturated rings. The Morgan fingerprint density at radius 3 is 1.60 bits per heavy atom. The summed E-state index contributed by atoms with van der Waals surface area (Å²) in [6, 6.07) is -0.269. The average Bonchev–Trinajstić information content (AvgIpc) is 3.16. The molecule has 0 aliphatic carbocycles. The van der Waals surface area contributed by atoms with Gasteiger partial charge in [-0.3, -0.25) is 38.4 Å². The van der Waals surface area contributed by atoms with Crippen LogP contribution in [0.25, 0.3) is 0 Å². The lowest BCUT2D eigenvalue weighted by Gasteiger charge is -2.28. The van der Waals surface area contributed by atoms with Crippen LogP contribution in [0.3, 0.4) is 0 Å². The number of rotatable bonds is 27. The summed E-state index contributed by atoms with van der Waals surface area (Å²) in [7, 11) is 0. The van der Waals surface area contributed by atoms with Crippen molar-refractivity contribution < 1.29 is 48.3 Å². The Labute approximate surface area is 346 Å². The lowest BCUT2D eigenvalue weighted by molar-refractivity contribution is -0.142. The molecule has 7 atom stereocenters. The van der Waals surface area contributed by atoms with Gasteiger partial charge in [0.05, 0.1) is 6.04 Å². The van der Waals surface area contributed by atoms with Crippen LogP contribution in [-0.4, -0.2) is 124 Å². The Morgan fingerprint density at radius 1 is 0.632 bits per heavy atom. The highest BCUT2D eigenvalue weighted by Gasteiger charge is 2.34. The summed E-state index contributed by atoms with van der Waals surface area (Å²) in [5.74, 6) is -8.08. The molecule has 0 aromatic heterocycles. The lowest BCUT2D eigenvalue weighted by Crippen LogP contribution is -2.61. The third-order valence-corrected chi connectivity index (χ3v) is 9.74. The maximum atomic E-state index is 13.9. The maximum Gasteiger partial charge on any atom is 0.326 e. The number of carbonyl (C=O) groups is 9. The third-order valence-electron chi connectivity index (χ3n) is 8.37. The first-order valence-electron chi connectivity index (χ1n) is 18.0. The highest BCUT2D eigenvalue weighted by atomic mass is 32.2. The van der Waals surface area contributed by atoms with Crippen LogP contribution in [0.5, 0.6) is 0 Å². The Bertz CT molecular complexity index is 1560. The molecule has 318 valence electrons. The highest BCUT2D eigenvalue weighted by molar-refractivity contribution is 7.98. The molecule has 13 N–H and O–H groups in total. The van der Waals surface area contributed by atoms with Crippen LogP contribution >= 0.6 is 37.0 Å². The fourth-order valence-electron chi connectivity index (χ4n) is 5.07. The molecule has 0 saturated carbocycles. The summed E-state index contributed by atoms with van der Waals surface area (Å²) in [6.45, 7) is 3.31. The van der Waals surface area contributed by atoms with Crippen LogP contribution in [0.4, 0.5) is 0 Å². The number of carboxylic acids is 1. The Morgan fingerprint density at radius 2 is 1.09 bits per heavy atom. The maximum absolute atomic E-state index is 13.9. The molecule has 1 rings (SSSR count). The zero-order chi connectivity index (χ0) is 43.2. The molecule has 0 bridgehead atoms. The number of nitrogens with two attached hydrogens (primary N) is 3. The zero-order valence-electron chi connectivity index (χ0n) is 32.0. The van der Waals surface area contributed by atoms with E-state index in [0.717, 1.165) is 0 Å². The summed E-state index contributed by atoms with van der Waals surface area (Å²) >= 11 is 9.68. The van der Waals surface area contributed by atoms with Crippen LogP contribution in [0.2, 0.25) is 0 Å². The lowest BCUT2D eigenvalue weighted by atomic mass is 10.0. The van der Waals surface area contributed by atoms with Gasteiger partial charge >= 0.3 is 5.97 Å². The van der Waals surface area contributed by atoms with Crippen molar-refractivity contribution in [3.63, 3.8) is 0 Å². The number of carbonyl (C=O) groups excluding carboxylic acids is 8. The number of aliphatic carboxylic acids is 1. The Balaban J connectivity index is 3.25. The number of hydrogen-bond acceptors (Lipinski definition) is 13. The molecule has 0 aliphatic heterocycles. The van der Waals surface area contributed by atoms with Crippen LogP contribution in [0.15, 0.2) is 30.3 Å². The molecule has 1 aromatic rings. The second-order valence-electron chi connectivity index (χ2n) is 13.3. The summed E-state index contributed by atoms with van der Waals surface area (Å²) < 4.78 is 0. The molecule has 0 saturated heterocycles. The molecule has 0 radical (unpaired) electrons. The van der Waals surface area contributed by atoms with Gasteiger partial charge in [-0.2, -0.15) is 37.0 Å². The molecule has 0 heterocycles. The van der Waals surface area contributed by atoms with E-state index in [4.69, 9.17) is 17.2 Å². The van der Waals surface area contributed by atoms with E-state index in [1.807, 2.05) is 0 Å². The van der Waals surface area contributed by atoms with Crippen LogP contribution in [-0.2, 0) is 49.6 Å². The van der Waals surface area contributed by atoms with Gasteiger partial charge in [0.15, 0.2) is 0 Å². The van der Waals surface area contributed by atoms with Gasteiger partial charge < -0.3 is 54.2 Å². The second kappa shape index (κ2) is 26.4. The number of primary amides is 2. The van der Waals surface area contributed by atoms with Crippen molar-refractivity contribution in [2.75, 3.05) is 23.5 Å². The summed E-state index contributed by atoms with van der Waals surface area (Å²) in [4.78, 5) is 114. The normalized spacial score (nSPS) is 14.6. The number of carboxylic acid groups (broad SMARTS) is 1. The van der Waals surface area contributed by atoms with Crippen molar-refractivity contribution in [3.8, 4) is 0 Å². The van der Waals surface area contributed by atoms with Crippen molar-refractivity contribution in [2.24, 2.45) is 23.1 Å². The first-order chi connectivity index (χ1) is 26.8. The molecule has 57 heavy (non-hydrogen) atoms. The molecule has 19 nitrogen and oxygen atoms in total. The number of thioether (sulfide) groups is 1. The van der Waals surface area contributed by atoms with Gasteiger partial charge in [-0.05, 0) is 42.8 Å². The first kappa shape index (κ1) is 50.5. The quantitative estimate of drug-likeness (QED) is 0.0404. The van der Waals surface area contributed by atoms with Gasteiger partial charge in [-0.15, -0.1) is 0 Å². The van der Waals surface area contributed by atoms with Crippen LogP contribution in [0, 0.1) is 5.92 Å². The fourth-order valence-corrected chi connectivity index (χ4v) is 6.06. The van der Waals surface area contributed by atoms with Crippen molar-refractivity contribution in [2.45, 2.75) is 94.7 Å². The minimum Gasteiger partial charge on any atom is -0.480 e. The van der Waals surface area contributed by atoms with E-state index in [1.54, 1.807) is 50.4 Å². The third kappa shape index (κ3) is 19.0. The van der Waals surface area contributed by atoms with Crippen molar-refractivity contribution in [1.82, 2.24) is 31.9 Å². The van der Waals surface area contributed by atoms with Gasteiger partial charge in [-0.1, -0.05) is 44.2 Å². The Hall–Kier alpha value is -4.54. The fraction of sp³-hybridized carbons (Fsp3) is 0.571. The summed E-state index contributed by atoms with van der Waals surface area (Å²) in [6.07, 6.45) is 1.05. The number of benzene rings is 1. The van der Waals surface area contributed by atoms with E-state index in [2.05, 4.69) is 57.2 Å². The van der Waals surface area contributed by atoms with Gasteiger partial charge in [-0.25, -0.2) is 4.79 Å². The van der Waals surface area contributed by atoms with Crippen molar-refractivity contribution in [3.05, 3.63) is 35.9 Å². The van der Waals surface area contributed by atoms with Crippen molar-refractivity contribution in [1.29, 1.82) is 0 Å². The van der Waals surface area contributed by atoms with E-state index >= 15 is 0 Å². The smallest absolute Gasteiger partial charge is 0.326 e. The predicted molar refractivity (Wildman–Crippen MR) is 220 cm³/mol. The standard InChI is InChI=1S/C35H55N9O10S3/c1-18(2)28(44-33(51)25(17-56)42-29(47)20(36)9-11-26(37)45)34(52)39-21(13-14-57-3)30(48)41-23(15-19-7-5-4-6-8-19)31(49)43-24(16-55)32(50)40-22(35(53)54)10-12-27(38)46/h4-8,18,20-25,28,55-56H,9-17,36H2,1-3H3,(H2,37,45)(H2,38,46)(H,39,52)(H,40,50)(H,41,48)(H,42,47)(H,43,49)(H,44,51)(H,53,54). The molecular formula is C35H55N9O10S3. The molecule has 22 heteroatoms. The topological polar surface area (TPSA) is 324 Å². The Kier molecular flexibility index (Phi) is 23.4. The monoisotopic (exact) mass is 857 g/mol. The average molecular weight is 858 g/mol. The predicted octanol–water partition coefficient (Wildman–Crippen LogP) is -2.65. The largest absolute Gasteiger partial charge is 0.480 e. The minimum atomic E-state index is -1.48. The molecule has 1 aromatic carbocycles. The molecule has 0 spiro atoms. The molecular weight excluding hydrogens is 803 g/mol. The van der Waals surface area contributed by atoms with Gasteiger partial charge in [0.1, 0.15) is 36.3 Å². The van der Waals surface area contributed by atoms with Crippen molar-refractivity contribution >= 4 is 90.2 Å². The summed E-state index contributed by atoms with van der Waals surface area (Å²) in [5.41, 5.74) is 16.7.